The molecule has 0 fully saturated rings. The fraction of sp³-hybridized carbons (Fsp3) is 1.00. The molecule has 0 rings (SSSR count). The molecule has 0 N–H and O–H groups in total. The van der Waals surface area contributed by atoms with E-state index in [4.69, 9.17) is 0 Å². The highest BCUT2D eigenvalue weighted by atomic mass is 79.9. The second-order valence-electron chi connectivity index (χ2n) is 2.53. The zero-order chi connectivity index (χ0) is 6.78. The van der Waals surface area contributed by atoms with Crippen LogP contribution in [0.3, 0.4) is 0 Å². The molecule has 0 spiro atoms. The summed E-state index contributed by atoms with van der Waals surface area (Å²) in [6, 6.07) is 0. The van der Waals surface area contributed by atoms with Gasteiger partial charge in [-0.15, -0.1) is 11.8 Å². The first kappa shape index (κ1) is 8.83. The van der Waals surface area contributed by atoms with Crippen LogP contribution in [0.4, 0.5) is 0 Å². The SMILES string of the molecule is CC(C)SC(C)(C)Br. The van der Waals surface area contributed by atoms with E-state index < -0.39 is 0 Å². The largest absolute Gasteiger partial charge is 0.141 e. The summed E-state index contributed by atoms with van der Waals surface area (Å²) in [5, 5.41) is 0.712. The smallest absolute Gasteiger partial charge is 0.0655 e. The number of hydrogen-bond donors (Lipinski definition) is 0. The van der Waals surface area contributed by atoms with Crippen molar-refractivity contribution in [1.82, 2.24) is 0 Å². The van der Waals surface area contributed by atoms with Crippen molar-refractivity contribution in [1.29, 1.82) is 0 Å². The van der Waals surface area contributed by atoms with E-state index in [9.17, 15) is 0 Å². The third-order valence-electron chi connectivity index (χ3n) is 0.516. The second kappa shape index (κ2) is 3.11. The average Bonchev–Trinajstić information content (AvgIpc) is 1.21. The summed E-state index contributed by atoms with van der Waals surface area (Å²) in [6.07, 6.45) is 0. The molecule has 0 unspecified atom stereocenters. The van der Waals surface area contributed by atoms with Crippen molar-refractivity contribution in [2.24, 2.45) is 0 Å². The van der Waals surface area contributed by atoms with Crippen molar-refractivity contribution in [3.8, 4) is 0 Å². The first-order chi connectivity index (χ1) is 3.42. The minimum absolute atomic E-state index is 0.251. The zero-order valence-corrected chi connectivity index (χ0v) is 8.27. The van der Waals surface area contributed by atoms with Crippen LogP contribution in [0, 0.1) is 0 Å². The molecule has 0 aliphatic carbocycles. The van der Waals surface area contributed by atoms with Crippen LogP contribution in [0.5, 0.6) is 0 Å². The topological polar surface area (TPSA) is 0 Å². The molecule has 0 radical (unpaired) electrons. The van der Waals surface area contributed by atoms with Crippen LogP contribution >= 0.6 is 27.7 Å². The van der Waals surface area contributed by atoms with E-state index in [0.717, 1.165) is 0 Å². The zero-order valence-electron chi connectivity index (χ0n) is 5.86. The Bertz CT molecular complexity index is 63.4. The molecule has 0 atom stereocenters. The molecule has 0 aliphatic rings. The minimum Gasteiger partial charge on any atom is -0.141 e. The lowest BCUT2D eigenvalue weighted by Gasteiger charge is -2.17. The molecule has 0 aliphatic heterocycles. The summed E-state index contributed by atoms with van der Waals surface area (Å²) >= 11 is 5.47. The van der Waals surface area contributed by atoms with Crippen molar-refractivity contribution in [2.45, 2.75) is 36.6 Å². The normalized spacial score (nSPS) is 12.8. The van der Waals surface area contributed by atoms with E-state index in [1.54, 1.807) is 0 Å². The predicted octanol–water partition coefficient (Wildman–Crippen LogP) is 3.26. The predicted molar refractivity (Wildman–Crippen MR) is 45.7 cm³/mol. The van der Waals surface area contributed by atoms with Gasteiger partial charge < -0.3 is 0 Å². The third kappa shape index (κ3) is 6.83. The molecule has 0 amide bonds. The molecule has 0 aromatic rings. The van der Waals surface area contributed by atoms with E-state index in [-0.39, 0.29) is 3.66 Å². The Morgan fingerprint density at radius 3 is 1.75 bits per heavy atom. The first-order valence-corrected chi connectivity index (χ1v) is 4.46. The van der Waals surface area contributed by atoms with Gasteiger partial charge in [0.05, 0.1) is 3.66 Å². The van der Waals surface area contributed by atoms with Gasteiger partial charge in [-0.05, 0) is 13.8 Å². The lowest BCUT2D eigenvalue weighted by Crippen LogP contribution is -2.06. The third-order valence-corrected chi connectivity index (χ3v) is 2.11. The van der Waals surface area contributed by atoms with Gasteiger partial charge in [0.25, 0.3) is 0 Å². The highest BCUT2D eigenvalue weighted by molar-refractivity contribution is 9.11. The van der Waals surface area contributed by atoms with Gasteiger partial charge in [0.1, 0.15) is 0 Å². The number of rotatable bonds is 2. The maximum absolute atomic E-state index is 3.54. The van der Waals surface area contributed by atoms with Crippen LogP contribution in [-0.4, -0.2) is 8.91 Å². The minimum atomic E-state index is 0.251. The second-order valence-corrected chi connectivity index (χ2v) is 7.24. The van der Waals surface area contributed by atoms with Crippen LogP contribution in [0.25, 0.3) is 0 Å². The van der Waals surface area contributed by atoms with Gasteiger partial charge in [0, 0.05) is 5.25 Å². The van der Waals surface area contributed by atoms with E-state index in [1.807, 2.05) is 11.8 Å². The number of halogens is 1. The van der Waals surface area contributed by atoms with Crippen LogP contribution in [0.15, 0.2) is 0 Å². The summed E-state index contributed by atoms with van der Waals surface area (Å²) in [7, 11) is 0. The first-order valence-electron chi connectivity index (χ1n) is 2.78. The van der Waals surface area contributed by atoms with E-state index in [0.29, 0.717) is 5.25 Å². The van der Waals surface area contributed by atoms with Gasteiger partial charge in [-0.25, -0.2) is 0 Å². The molecule has 0 aromatic carbocycles. The number of thioether (sulfide) groups is 1. The highest BCUT2D eigenvalue weighted by Gasteiger charge is 2.13. The van der Waals surface area contributed by atoms with Crippen LogP contribution in [0.2, 0.25) is 0 Å². The van der Waals surface area contributed by atoms with Gasteiger partial charge in [-0.2, -0.15) is 0 Å². The van der Waals surface area contributed by atoms with Gasteiger partial charge in [0.15, 0.2) is 0 Å². The Morgan fingerprint density at radius 2 is 1.75 bits per heavy atom. The van der Waals surface area contributed by atoms with Crippen molar-refractivity contribution < 1.29 is 0 Å². The van der Waals surface area contributed by atoms with Crippen LogP contribution in [0.1, 0.15) is 27.7 Å². The van der Waals surface area contributed by atoms with Crippen molar-refractivity contribution in [3.05, 3.63) is 0 Å². The Balaban J connectivity index is 3.39. The Labute approximate surface area is 64.6 Å². The van der Waals surface area contributed by atoms with Gasteiger partial charge in [0.2, 0.25) is 0 Å². The maximum atomic E-state index is 3.54. The summed E-state index contributed by atoms with van der Waals surface area (Å²) < 4.78 is 0.251. The molecule has 0 nitrogen and oxygen atoms in total. The summed E-state index contributed by atoms with van der Waals surface area (Å²) in [5.74, 6) is 0. The number of hydrogen-bond acceptors (Lipinski definition) is 1. The monoisotopic (exact) mass is 196 g/mol. The standard InChI is InChI=1S/C6H13BrS/c1-5(2)8-6(3,4)7/h5H,1-4H3. The van der Waals surface area contributed by atoms with Crippen molar-refractivity contribution >= 4 is 27.7 Å². The van der Waals surface area contributed by atoms with E-state index >= 15 is 0 Å². The lowest BCUT2D eigenvalue weighted by molar-refractivity contribution is 1.01. The fourth-order valence-corrected chi connectivity index (χ4v) is 2.80. The van der Waals surface area contributed by atoms with E-state index in [2.05, 4.69) is 43.6 Å². The molecule has 0 saturated heterocycles. The molecule has 0 saturated carbocycles. The molecular weight excluding hydrogens is 184 g/mol. The van der Waals surface area contributed by atoms with Gasteiger partial charge >= 0.3 is 0 Å². The molecule has 0 bridgehead atoms. The fourth-order valence-electron chi connectivity index (χ4n) is 0.560. The lowest BCUT2D eigenvalue weighted by atomic mass is 10.5. The van der Waals surface area contributed by atoms with Gasteiger partial charge in [-0.3, -0.25) is 0 Å². The van der Waals surface area contributed by atoms with Crippen LogP contribution in [-0.2, 0) is 0 Å². The molecular formula is C6H13BrS. The molecule has 50 valence electrons. The van der Waals surface area contributed by atoms with Gasteiger partial charge in [-0.1, -0.05) is 29.8 Å². The highest BCUT2D eigenvalue weighted by Crippen LogP contribution is 2.33. The molecule has 0 heterocycles. The summed E-state index contributed by atoms with van der Waals surface area (Å²) in [6.45, 7) is 8.73. The average molecular weight is 197 g/mol. The van der Waals surface area contributed by atoms with E-state index in [1.165, 1.54) is 0 Å². The quantitative estimate of drug-likeness (QED) is 0.612. The Morgan fingerprint density at radius 1 is 1.38 bits per heavy atom. The van der Waals surface area contributed by atoms with Crippen molar-refractivity contribution in [3.63, 3.8) is 0 Å². The maximum Gasteiger partial charge on any atom is 0.0655 e. The Kier molecular flexibility index (Phi) is 3.44. The van der Waals surface area contributed by atoms with Crippen LogP contribution < -0.4 is 0 Å². The number of alkyl halides is 1. The molecule has 2 heteroatoms. The molecule has 8 heavy (non-hydrogen) atoms. The summed E-state index contributed by atoms with van der Waals surface area (Å²) in [4.78, 5) is 0. The van der Waals surface area contributed by atoms with Crippen molar-refractivity contribution in [2.75, 3.05) is 0 Å². The Hall–Kier alpha value is 0.830. The summed E-state index contributed by atoms with van der Waals surface area (Å²) in [5.41, 5.74) is 0. The molecule has 0 aromatic heterocycles.